The molecule has 0 atom stereocenters. The fourth-order valence-corrected chi connectivity index (χ4v) is 3.02. The molecule has 0 spiro atoms. The van der Waals surface area contributed by atoms with Gasteiger partial charge < -0.3 is 4.74 Å². The molecule has 3 aromatic rings. The molecule has 6 nitrogen and oxygen atoms in total. The minimum absolute atomic E-state index is 0.0108. The molecule has 140 valence electrons. The van der Waals surface area contributed by atoms with Gasteiger partial charge in [0.05, 0.1) is 0 Å². The van der Waals surface area contributed by atoms with E-state index >= 15 is 0 Å². The van der Waals surface area contributed by atoms with Gasteiger partial charge in [0.1, 0.15) is 34.4 Å². The summed E-state index contributed by atoms with van der Waals surface area (Å²) in [5.41, 5.74) is -0.282. The summed E-state index contributed by atoms with van der Waals surface area (Å²) < 4.78 is 33.6. The Morgan fingerprint density at radius 3 is 2.74 bits per heavy atom. The largest absolute Gasteiger partial charge is 0.472 e. The summed E-state index contributed by atoms with van der Waals surface area (Å²) in [7, 11) is 0. The molecule has 2 heterocycles. The Balaban J connectivity index is 1.94. The maximum absolute atomic E-state index is 13.7. The van der Waals surface area contributed by atoms with Gasteiger partial charge in [-0.2, -0.15) is 4.98 Å². The van der Waals surface area contributed by atoms with Crippen molar-refractivity contribution < 1.29 is 13.5 Å². The summed E-state index contributed by atoms with van der Waals surface area (Å²) in [5, 5.41) is 0.516. The van der Waals surface area contributed by atoms with Crippen LogP contribution in [0.3, 0.4) is 0 Å². The van der Waals surface area contributed by atoms with Crippen LogP contribution < -0.4 is 10.3 Å². The fraction of sp³-hybridized carbons (Fsp3) is 0.176. The van der Waals surface area contributed by atoms with Crippen molar-refractivity contribution in [3.63, 3.8) is 0 Å². The number of aryl methyl sites for hydroxylation is 1. The van der Waals surface area contributed by atoms with Crippen LogP contribution in [-0.4, -0.2) is 25.8 Å². The smallest absolute Gasteiger partial charge is 0.277 e. The van der Waals surface area contributed by atoms with Crippen LogP contribution in [0, 0.1) is 18.6 Å². The summed E-state index contributed by atoms with van der Waals surface area (Å²) in [6, 6.07) is 4.77. The first-order valence-corrected chi connectivity index (χ1v) is 9.65. The van der Waals surface area contributed by atoms with Crippen LogP contribution in [0.4, 0.5) is 8.78 Å². The Bertz CT molecular complexity index is 1060. The van der Waals surface area contributed by atoms with Gasteiger partial charge in [-0.05, 0) is 47.3 Å². The number of benzene rings is 1. The van der Waals surface area contributed by atoms with Crippen LogP contribution in [-0.2, 0) is 6.61 Å². The van der Waals surface area contributed by atoms with Gasteiger partial charge in [-0.15, -0.1) is 0 Å². The fourth-order valence-electron chi connectivity index (χ4n) is 2.29. The zero-order valence-corrected chi connectivity index (χ0v) is 16.6. The Labute approximate surface area is 165 Å². The van der Waals surface area contributed by atoms with Gasteiger partial charge >= 0.3 is 0 Å². The summed E-state index contributed by atoms with van der Waals surface area (Å²) in [6.07, 6.45) is 3.38. The molecule has 0 aliphatic carbocycles. The average Bonchev–Trinajstić information content (AvgIpc) is 2.65. The number of aromatic nitrogens is 4. The third-order valence-corrected chi connectivity index (χ3v) is 4.82. The molecule has 10 heteroatoms. The van der Waals surface area contributed by atoms with Gasteiger partial charge in [0.15, 0.2) is 5.16 Å². The van der Waals surface area contributed by atoms with Gasteiger partial charge in [-0.3, -0.25) is 4.79 Å². The summed E-state index contributed by atoms with van der Waals surface area (Å²) in [5.74, 6) is -0.688. The molecule has 0 unspecified atom stereocenters. The van der Waals surface area contributed by atoms with E-state index in [2.05, 4.69) is 30.9 Å². The second kappa shape index (κ2) is 8.13. The van der Waals surface area contributed by atoms with Crippen molar-refractivity contribution in [2.24, 2.45) is 0 Å². The van der Waals surface area contributed by atoms with Gasteiger partial charge in [-0.1, -0.05) is 11.8 Å². The van der Waals surface area contributed by atoms with Crippen LogP contribution in [0.5, 0.6) is 5.88 Å². The van der Waals surface area contributed by atoms with Crippen molar-refractivity contribution >= 4 is 27.7 Å². The first-order valence-electron chi connectivity index (χ1n) is 7.64. The molecule has 1 aromatic carbocycles. The highest BCUT2D eigenvalue weighted by Crippen LogP contribution is 2.22. The molecule has 3 rings (SSSR count). The van der Waals surface area contributed by atoms with E-state index in [1.54, 1.807) is 19.2 Å². The summed E-state index contributed by atoms with van der Waals surface area (Å²) in [4.78, 5) is 25.4. The van der Waals surface area contributed by atoms with E-state index in [0.29, 0.717) is 16.8 Å². The maximum Gasteiger partial charge on any atom is 0.277 e. The number of hydrogen-bond acceptors (Lipinski definition) is 6. The number of halogens is 3. The SMILES string of the molecule is CSc1nccc(-n2c(C)nc(OCc3ccc(F)cc3F)c(Br)c2=O)n1. The number of ether oxygens (including phenoxy) is 1. The normalized spacial score (nSPS) is 10.9. The van der Waals surface area contributed by atoms with E-state index in [-0.39, 0.29) is 22.5 Å². The minimum Gasteiger partial charge on any atom is -0.472 e. The zero-order chi connectivity index (χ0) is 19.6. The average molecular weight is 455 g/mol. The van der Waals surface area contributed by atoms with Crippen molar-refractivity contribution in [1.29, 1.82) is 0 Å². The highest BCUT2D eigenvalue weighted by molar-refractivity contribution is 9.10. The van der Waals surface area contributed by atoms with Crippen molar-refractivity contribution in [2.75, 3.05) is 6.26 Å². The molecule has 0 fully saturated rings. The molecular formula is C17H13BrF2N4O2S. The van der Waals surface area contributed by atoms with Crippen molar-refractivity contribution in [2.45, 2.75) is 18.7 Å². The number of thioether (sulfide) groups is 1. The maximum atomic E-state index is 13.7. The van der Waals surface area contributed by atoms with E-state index in [9.17, 15) is 13.6 Å². The molecule has 0 saturated heterocycles. The van der Waals surface area contributed by atoms with Crippen molar-refractivity contribution in [1.82, 2.24) is 19.5 Å². The van der Waals surface area contributed by atoms with E-state index in [0.717, 1.165) is 12.1 Å². The van der Waals surface area contributed by atoms with Crippen LogP contribution in [0.2, 0.25) is 0 Å². The third-order valence-electron chi connectivity index (χ3n) is 3.58. The Hall–Kier alpha value is -2.33. The molecular weight excluding hydrogens is 442 g/mol. The number of nitrogens with zero attached hydrogens (tertiary/aromatic N) is 4. The predicted octanol–water partition coefficient (Wildman–Crippen LogP) is 3.67. The second-order valence-electron chi connectivity index (χ2n) is 5.34. The van der Waals surface area contributed by atoms with Crippen molar-refractivity contribution in [3.05, 3.63) is 68.3 Å². The Kier molecular flexibility index (Phi) is 5.85. The van der Waals surface area contributed by atoms with Gasteiger partial charge in [0.25, 0.3) is 5.56 Å². The number of rotatable bonds is 5. The molecule has 0 amide bonds. The number of hydrogen-bond donors (Lipinski definition) is 0. The molecule has 0 saturated carbocycles. The first kappa shape index (κ1) is 19.4. The molecule has 27 heavy (non-hydrogen) atoms. The molecule has 2 aromatic heterocycles. The monoisotopic (exact) mass is 454 g/mol. The second-order valence-corrected chi connectivity index (χ2v) is 6.91. The highest BCUT2D eigenvalue weighted by Gasteiger charge is 2.17. The topological polar surface area (TPSA) is 69.9 Å². The van der Waals surface area contributed by atoms with Gasteiger partial charge in [-0.25, -0.2) is 23.3 Å². The first-order chi connectivity index (χ1) is 12.9. The van der Waals surface area contributed by atoms with Gasteiger partial charge in [0.2, 0.25) is 5.88 Å². The van der Waals surface area contributed by atoms with E-state index in [1.165, 1.54) is 22.4 Å². The van der Waals surface area contributed by atoms with Crippen molar-refractivity contribution in [3.8, 4) is 11.7 Å². The molecule has 0 N–H and O–H groups in total. The third kappa shape index (κ3) is 4.16. The molecule has 0 aliphatic heterocycles. The Morgan fingerprint density at radius 2 is 2.04 bits per heavy atom. The molecule has 0 radical (unpaired) electrons. The molecule has 0 bridgehead atoms. The molecule has 0 aliphatic rings. The standard InChI is InChI=1S/C17H13BrF2N4O2S/c1-9-22-15(26-8-10-3-4-11(19)7-12(10)20)14(18)16(25)24(9)13-5-6-21-17(23-13)27-2/h3-7H,8H2,1-2H3. The lowest BCUT2D eigenvalue weighted by molar-refractivity contribution is 0.283. The van der Waals surface area contributed by atoms with Crippen LogP contribution in [0.15, 0.2) is 44.9 Å². The van der Waals surface area contributed by atoms with Gasteiger partial charge in [0, 0.05) is 17.8 Å². The lowest BCUT2D eigenvalue weighted by Gasteiger charge is -2.13. The minimum atomic E-state index is -0.734. The zero-order valence-electron chi connectivity index (χ0n) is 14.2. The Morgan fingerprint density at radius 1 is 1.26 bits per heavy atom. The van der Waals surface area contributed by atoms with E-state index in [4.69, 9.17) is 4.74 Å². The lowest BCUT2D eigenvalue weighted by Crippen LogP contribution is -2.24. The van der Waals surface area contributed by atoms with Crippen LogP contribution in [0.1, 0.15) is 11.4 Å². The highest BCUT2D eigenvalue weighted by atomic mass is 79.9. The predicted molar refractivity (Wildman–Crippen MR) is 100 cm³/mol. The van der Waals surface area contributed by atoms with Crippen LogP contribution >= 0.6 is 27.7 Å². The summed E-state index contributed by atoms with van der Waals surface area (Å²) in [6.45, 7) is 1.42. The lowest BCUT2D eigenvalue weighted by atomic mass is 10.2. The van der Waals surface area contributed by atoms with E-state index in [1.807, 2.05) is 6.26 Å². The van der Waals surface area contributed by atoms with Crippen LogP contribution in [0.25, 0.3) is 5.82 Å². The quantitative estimate of drug-likeness (QED) is 0.432. The van der Waals surface area contributed by atoms with E-state index < -0.39 is 17.2 Å². The summed E-state index contributed by atoms with van der Waals surface area (Å²) >= 11 is 4.53.